The van der Waals surface area contributed by atoms with Crippen LogP contribution < -0.4 is 0 Å². The molecule has 3 rings (SSSR count). The topological polar surface area (TPSA) is 34.9 Å². The number of carbonyl (C=O) groups excluding carboxylic acids is 1. The van der Waals surface area contributed by atoms with E-state index >= 15 is 0 Å². The Morgan fingerprint density at radius 3 is 2.76 bits per heavy atom. The Bertz CT molecular complexity index is 611. The van der Waals surface area contributed by atoms with Crippen LogP contribution in [-0.4, -0.2) is 15.3 Å². The summed E-state index contributed by atoms with van der Waals surface area (Å²) in [4.78, 5) is 15.9. The maximum atomic E-state index is 11.6. The van der Waals surface area contributed by atoms with Gasteiger partial charge in [0.2, 0.25) is 0 Å². The second kappa shape index (κ2) is 3.55. The molecular formula is C14H14N2O. The van der Waals surface area contributed by atoms with Gasteiger partial charge in [0.25, 0.3) is 0 Å². The van der Waals surface area contributed by atoms with Crippen molar-refractivity contribution in [2.24, 2.45) is 0 Å². The molecule has 0 unspecified atom stereocenters. The molecule has 17 heavy (non-hydrogen) atoms. The molecule has 2 aromatic rings. The summed E-state index contributed by atoms with van der Waals surface area (Å²) >= 11 is 0. The lowest BCUT2D eigenvalue weighted by Crippen LogP contribution is -1.98. The lowest BCUT2D eigenvalue weighted by molar-refractivity contribution is 0.0994. The van der Waals surface area contributed by atoms with Crippen LogP contribution in [0.4, 0.5) is 0 Å². The molecule has 1 aliphatic rings. The average Bonchev–Trinajstić information content (AvgIpc) is 2.85. The second-order valence-electron chi connectivity index (χ2n) is 4.55. The minimum atomic E-state index is 0.269. The molecule has 0 N–H and O–H groups in total. The molecular weight excluding hydrogens is 212 g/mol. The third-order valence-electron chi connectivity index (χ3n) is 3.54. The highest BCUT2D eigenvalue weighted by atomic mass is 16.1. The number of imidazole rings is 1. The molecule has 3 heteroatoms. The van der Waals surface area contributed by atoms with Gasteiger partial charge >= 0.3 is 0 Å². The zero-order valence-electron chi connectivity index (χ0n) is 10.0. The summed E-state index contributed by atoms with van der Waals surface area (Å²) in [7, 11) is 0. The smallest absolute Gasteiger partial charge is 0.163 e. The van der Waals surface area contributed by atoms with Crippen LogP contribution in [0.1, 0.15) is 33.7 Å². The summed E-state index contributed by atoms with van der Waals surface area (Å²) in [6.07, 6.45) is 3.36. The molecule has 0 aliphatic heterocycles. The highest BCUT2D eigenvalue weighted by Crippen LogP contribution is 2.25. The van der Waals surface area contributed by atoms with Crippen molar-refractivity contribution in [3.8, 4) is 5.69 Å². The molecule has 0 atom stereocenters. The van der Waals surface area contributed by atoms with E-state index in [9.17, 15) is 4.79 Å². The molecule has 0 bridgehead atoms. The van der Waals surface area contributed by atoms with E-state index in [1.165, 1.54) is 5.56 Å². The van der Waals surface area contributed by atoms with Gasteiger partial charge in [-0.3, -0.25) is 4.79 Å². The number of benzene rings is 1. The Hall–Kier alpha value is -1.90. The summed E-state index contributed by atoms with van der Waals surface area (Å²) in [5, 5.41) is 0. The Morgan fingerprint density at radius 2 is 2.06 bits per heavy atom. The van der Waals surface area contributed by atoms with Gasteiger partial charge in [-0.1, -0.05) is 0 Å². The van der Waals surface area contributed by atoms with Crippen LogP contribution in [0.3, 0.4) is 0 Å². The molecule has 0 saturated heterocycles. The van der Waals surface area contributed by atoms with E-state index < -0.39 is 0 Å². The Morgan fingerprint density at radius 1 is 1.24 bits per heavy atom. The van der Waals surface area contributed by atoms with Crippen LogP contribution in [0.25, 0.3) is 5.69 Å². The predicted octanol–water partition coefficient (Wildman–Crippen LogP) is 2.62. The van der Waals surface area contributed by atoms with Crippen molar-refractivity contribution in [1.29, 1.82) is 0 Å². The van der Waals surface area contributed by atoms with Crippen LogP contribution in [0, 0.1) is 13.8 Å². The summed E-state index contributed by atoms with van der Waals surface area (Å²) in [5.41, 5.74) is 5.34. The van der Waals surface area contributed by atoms with Crippen LogP contribution in [0.2, 0.25) is 0 Å². The molecule has 0 radical (unpaired) electrons. The predicted molar refractivity (Wildman–Crippen MR) is 65.7 cm³/mol. The number of nitrogens with zero attached hydrogens (tertiary/aromatic N) is 2. The summed E-state index contributed by atoms with van der Waals surface area (Å²) in [6, 6.07) is 6.04. The van der Waals surface area contributed by atoms with Gasteiger partial charge in [0.15, 0.2) is 5.78 Å². The molecule has 3 nitrogen and oxygen atoms in total. The van der Waals surface area contributed by atoms with E-state index in [2.05, 4.69) is 22.5 Å². The minimum absolute atomic E-state index is 0.269. The average molecular weight is 226 g/mol. The summed E-state index contributed by atoms with van der Waals surface area (Å²) < 4.78 is 2.07. The number of fused-ring (bicyclic) bond motifs is 1. The molecule has 86 valence electrons. The zero-order valence-corrected chi connectivity index (χ0v) is 10.0. The number of aryl methyl sites for hydroxylation is 2. The monoisotopic (exact) mass is 226 g/mol. The van der Waals surface area contributed by atoms with Gasteiger partial charge in [-0.05, 0) is 44.0 Å². The first kappa shape index (κ1) is 10.3. The maximum Gasteiger partial charge on any atom is 0.163 e. The van der Waals surface area contributed by atoms with E-state index in [1.54, 1.807) is 0 Å². The van der Waals surface area contributed by atoms with Crippen molar-refractivity contribution in [2.75, 3.05) is 0 Å². The van der Waals surface area contributed by atoms with Gasteiger partial charge in [0.1, 0.15) is 0 Å². The Kier molecular flexibility index (Phi) is 2.15. The lowest BCUT2D eigenvalue weighted by Gasteiger charge is -2.07. The maximum absolute atomic E-state index is 11.6. The molecule has 1 aliphatic carbocycles. The summed E-state index contributed by atoms with van der Waals surface area (Å²) in [5.74, 6) is 0.269. The van der Waals surface area contributed by atoms with Crippen LogP contribution >= 0.6 is 0 Å². The zero-order chi connectivity index (χ0) is 12.0. The molecule has 0 amide bonds. The fourth-order valence-electron chi connectivity index (χ4n) is 2.35. The number of rotatable bonds is 1. The number of Topliss-reactive ketones (excluding diaryl/α,β-unsaturated/α-hetero) is 1. The third-order valence-corrected chi connectivity index (χ3v) is 3.54. The molecule has 1 heterocycles. The van der Waals surface area contributed by atoms with E-state index in [0.29, 0.717) is 6.42 Å². The Labute approximate surface area is 100 Å². The third kappa shape index (κ3) is 1.50. The highest BCUT2D eigenvalue weighted by molar-refractivity contribution is 6.00. The molecule has 0 spiro atoms. The number of aromatic nitrogens is 2. The van der Waals surface area contributed by atoms with Crippen molar-refractivity contribution >= 4 is 5.78 Å². The van der Waals surface area contributed by atoms with Crippen molar-refractivity contribution in [2.45, 2.75) is 26.7 Å². The van der Waals surface area contributed by atoms with Gasteiger partial charge in [0.05, 0.1) is 12.0 Å². The van der Waals surface area contributed by atoms with Gasteiger partial charge in [0, 0.05) is 23.4 Å². The normalized spacial score (nSPS) is 14.1. The Balaban J connectivity index is 2.12. The van der Waals surface area contributed by atoms with Crippen molar-refractivity contribution < 1.29 is 4.79 Å². The van der Waals surface area contributed by atoms with E-state index in [1.807, 2.05) is 25.4 Å². The molecule has 0 saturated carbocycles. The van der Waals surface area contributed by atoms with Crippen LogP contribution in [0.15, 0.2) is 24.5 Å². The largest absolute Gasteiger partial charge is 0.303 e. The number of carbonyl (C=O) groups is 1. The number of ketones is 1. The molecule has 1 aromatic carbocycles. The van der Waals surface area contributed by atoms with Crippen LogP contribution in [-0.2, 0) is 6.42 Å². The van der Waals surface area contributed by atoms with Crippen molar-refractivity contribution in [1.82, 2.24) is 9.55 Å². The quantitative estimate of drug-likeness (QED) is 0.749. The van der Waals surface area contributed by atoms with Gasteiger partial charge < -0.3 is 4.57 Å². The summed E-state index contributed by atoms with van der Waals surface area (Å²) in [6.45, 7) is 4.06. The minimum Gasteiger partial charge on any atom is -0.303 e. The lowest BCUT2D eigenvalue weighted by atomic mass is 10.1. The fraction of sp³-hybridized carbons (Fsp3) is 0.286. The van der Waals surface area contributed by atoms with E-state index in [-0.39, 0.29) is 5.78 Å². The molecule has 1 aromatic heterocycles. The highest BCUT2D eigenvalue weighted by Gasteiger charge is 2.19. The number of hydrogen-bond acceptors (Lipinski definition) is 2. The van der Waals surface area contributed by atoms with Crippen molar-refractivity contribution in [3.63, 3.8) is 0 Å². The van der Waals surface area contributed by atoms with Gasteiger partial charge in [-0.15, -0.1) is 0 Å². The number of hydrogen-bond donors (Lipinski definition) is 0. The first-order valence-electron chi connectivity index (χ1n) is 5.84. The van der Waals surface area contributed by atoms with Gasteiger partial charge in [-0.25, -0.2) is 4.98 Å². The van der Waals surface area contributed by atoms with E-state index in [0.717, 1.165) is 29.1 Å². The molecule has 0 fully saturated rings. The first-order valence-corrected chi connectivity index (χ1v) is 5.84. The standard InChI is InChI=1S/C14H14N2O/c1-9-10(2)16(8-15-9)12-4-5-13-11(7-12)3-6-14(13)17/h4-5,7-8H,3,6H2,1-2H3. The fourth-order valence-corrected chi connectivity index (χ4v) is 2.35. The van der Waals surface area contributed by atoms with Crippen LogP contribution in [0.5, 0.6) is 0 Å². The SMILES string of the molecule is Cc1ncn(-c2ccc3c(c2)CCC3=O)c1C. The van der Waals surface area contributed by atoms with E-state index in [4.69, 9.17) is 0 Å². The van der Waals surface area contributed by atoms with Gasteiger partial charge in [-0.2, -0.15) is 0 Å². The van der Waals surface area contributed by atoms with Crippen molar-refractivity contribution in [3.05, 3.63) is 47.0 Å². The first-order chi connectivity index (χ1) is 8.16. The second-order valence-corrected chi connectivity index (χ2v) is 4.55.